The molecule has 1 rings (SSSR count). The van der Waals surface area contributed by atoms with Crippen LogP contribution in [-0.4, -0.2) is 11.6 Å². The van der Waals surface area contributed by atoms with E-state index in [0.29, 0.717) is 5.92 Å². The summed E-state index contributed by atoms with van der Waals surface area (Å²) in [7, 11) is 0. The van der Waals surface area contributed by atoms with Crippen molar-refractivity contribution in [1.29, 1.82) is 0 Å². The summed E-state index contributed by atoms with van der Waals surface area (Å²) in [5.74, 6) is 6.43. The van der Waals surface area contributed by atoms with Gasteiger partial charge >= 0.3 is 0 Å². The fourth-order valence-electron chi connectivity index (χ4n) is 1.99. The Bertz CT molecular complexity index is 357. The maximum atomic E-state index is 6.17. The highest BCUT2D eigenvalue weighted by atomic mass is 15.4. The van der Waals surface area contributed by atoms with Crippen molar-refractivity contribution in [3.05, 3.63) is 47.8 Å². The first-order valence-corrected chi connectivity index (χ1v) is 6.09. The molecule has 0 aliphatic heterocycles. The lowest BCUT2D eigenvalue weighted by molar-refractivity contribution is 0.405. The second-order valence-electron chi connectivity index (χ2n) is 4.59. The molecule has 0 fully saturated rings. The minimum absolute atomic E-state index is 0.216. The van der Waals surface area contributed by atoms with Crippen molar-refractivity contribution in [3.8, 4) is 0 Å². The van der Waals surface area contributed by atoms with Crippen molar-refractivity contribution in [2.45, 2.75) is 26.7 Å². The van der Waals surface area contributed by atoms with Gasteiger partial charge in [0, 0.05) is 24.4 Å². The molecule has 1 atom stereocenters. The molecule has 1 aromatic rings. The minimum Gasteiger partial charge on any atom is -0.400 e. The molecule has 0 saturated heterocycles. The lowest BCUT2D eigenvalue weighted by atomic mass is 9.86. The minimum atomic E-state index is 0.216. The van der Waals surface area contributed by atoms with Gasteiger partial charge in [-0.3, -0.25) is 0 Å². The Morgan fingerprint density at radius 2 is 1.88 bits per heavy atom. The molecule has 1 aromatic carbocycles. The van der Waals surface area contributed by atoms with Crippen molar-refractivity contribution in [1.82, 2.24) is 5.01 Å². The van der Waals surface area contributed by atoms with Crippen LogP contribution in [0.5, 0.6) is 0 Å². The Morgan fingerprint density at radius 1 is 1.29 bits per heavy atom. The molecule has 4 N–H and O–H groups in total. The fraction of sp³-hybridized carbons (Fsp3) is 0.429. The van der Waals surface area contributed by atoms with Crippen LogP contribution in [0.25, 0.3) is 0 Å². The Morgan fingerprint density at radius 3 is 2.35 bits per heavy atom. The van der Waals surface area contributed by atoms with Gasteiger partial charge in [0.25, 0.3) is 0 Å². The number of hydrogen-bond donors (Lipinski definition) is 2. The van der Waals surface area contributed by atoms with Crippen LogP contribution in [0.15, 0.2) is 42.2 Å². The average Bonchev–Trinajstić information content (AvgIpc) is 2.29. The van der Waals surface area contributed by atoms with Crippen molar-refractivity contribution >= 4 is 0 Å². The van der Waals surface area contributed by atoms with E-state index in [9.17, 15) is 0 Å². The number of nitrogens with zero attached hydrogens (tertiary/aromatic N) is 1. The standard InChI is InChI=1S/C14H23N3/c1-4-17(16)10-13(15)14(11(2)3)12-8-6-5-7-9-12/h5-11,14H,4,15-16H2,1-3H3/b13-10-. The largest absolute Gasteiger partial charge is 0.400 e. The molecule has 3 heteroatoms. The van der Waals surface area contributed by atoms with E-state index in [0.717, 1.165) is 12.2 Å². The van der Waals surface area contributed by atoms with Crippen molar-refractivity contribution in [3.63, 3.8) is 0 Å². The van der Waals surface area contributed by atoms with Crippen molar-refractivity contribution in [2.24, 2.45) is 17.5 Å². The Hall–Kier alpha value is -1.48. The van der Waals surface area contributed by atoms with E-state index in [1.807, 2.05) is 31.3 Å². The van der Waals surface area contributed by atoms with Gasteiger partial charge in [0.2, 0.25) is 0 Å². The van der Waals surface area contributed by atoms with E-state index in [4.69, 9.17) is 11.6 Å². The van der Waals surface area contributed by atoms with Gasteiger partial charge in [-0.05, 0) is 18.4 Å². The van der Waals surface area contributed by atoms with E-state index in [1.54, 1.807) is 5.01 Å². The summed E-state index contributed by atoms with van der Waals surface area (Å²) >= 11 is 0. The molecule has 0 radical (unpaired) electrons. The maximum absolute atomic E-state index is 6.17. The molecule has 0 saturated carbocycles. The summed E-state index contributed by atoms with van der Waals surface area (Å²) in [5, 5.41) is 1.62. The number of rotatable bonds is 5. The second-order valence-corrected chi connectivity index (χ2v) is 4.59. The van der Waals surface area contributed by atoms with Gasteiger partial charge in [-0.1, -0.05) is 44.2 Å². The van der Waals surface area contributed by atoms with Crippen molar-refractivity contribution < 1.29 is 0 Å². The monoisotopic (exact) mass is 233 g/mol. The number of hydrazine groups is 1. The predicted molar refractivity (Wildman–Crippen MR) is 72.9 cm³/mol. The summed E-state index contributed by atoms with van der Waals surface area (Å²) in [6, 6.07) is 10.3. The molecule has 0 aliphatic carbocycles. The van der Waals surface area contributed by atoms with E-state index in [2.05, 4.69) is 26.0 Å². The number of hydrogen-bond acceptors (Lipinski definition) is 3. The van der Waals surface area contributed by atoms with Gasteiger partial charge in [0.05, 0.1) is 0 Å². The second kappa shape index (κ2) is 6.30. The third kappa shape index (κ3) is 3.79. The smallest absolute Gasteiger partial charge is 0.0349 e. The van der Waals surface area contributed by atoms with Gasteiger partial charge < -0.3 is 10.7 Å². The highest BCUT2D eigenvalue weighted by Crippen LogP contribution is 2.28. The molecule has 0 spiro atoms. The topological polar surface area (TPSA) is 55.3 Å². The van der Waals surface area contributed by atoms with E-state index < -0.39 is 0 Å². The third-order valence-corrected chi connectivity index (χ3v) is 2.86. The first-order valence-electron chi connectivity index (χ1n) is 6.09. The summed E-state index contributed by atoms with van der Waals surface area (Å²) in [6.07, 6.45) is 1.83. The third-order valence-electron chi connectivity index (χ3n) is 2.86. The van der Waals surface area contributed by atoms with Crippen LogP contribution >= 0.6 is 0 Å². The van der Waals surface area contributed by atoms with Crippen LogP contribution in [0.4, 0.5) is 0 Å². The van der Waals surface area contributed by atoms with E-state index >= 15 is 0 Å². The molecule has 3 nitrogen and oxygen atoms in total. The Labute approximate surface area is 104 Å². The van der Waals surface area contributed by atoms with Gasteiger partial charge in [-0.15, -0.1) is 0 Å². The molecule has 0 bridgehead atoms. The maximum Gasteiger partial charge on any atom is 0.0349 e. The predicted octanol–water partition coefficient (Wildman–Crippen LogP) is 2.42. The van der Waals surface area contributed by atoms with Crippen LogP contribution < -0.4 is 11.6 Å². The number of nitrogens with two attached hydrogens (primary N) is 2. The fourth-order valence-corrected chi connectivity index (χ4v) is 1.99. The van der Waals surface area contributed by atoms with E-state index in [-0.39, 0.29) is 5.92 Å². The lowest BCUT2D eigenvalue weighted by Crippen LogP contribution is -2.28. The van der Waals surface area contributed by atoms with Crippen LogP contribution in [0.3, 0.4) is 0 Å². The molecular formula is C14H23N3. The molecule has 0 amide bonds. The molecule has 0 aromatic heterocycles. The molecule has 0 aliphatic rings. The normalized spacial score (nSPS) is 13.8. The average molecular weight is 233 g/mol. The zero-order chi connectivity index (χ0) is 12.8. The highest BCUT2D eigenvalue weighted by molar-refractivity contribution is 5.28. The molecule has 17 heavy (non-hydrogen) atoms. The van der Waals surface area contributed by atoms with Gasteiger partial charge in [-0.25, -0.2) is 5.84 Å². The van der Waals surface area contributed by atoms with Gasteiger partial charge in [-0.2, -0.15) is 0 Å². The SMILES string of the molecule is CCN(N)/C=C(\N)C(c1ccccc1)C(C)C. The zero-order valence-corrected chi connectivity index (χ0v) is 10.9. The molecule has 1 unspecified atom stereocenters. The molecule has 94 valence electrons. The first-order chi connectivity index (χ1) is 8.06. The van der Waals surface area contributed by atoms with Gasteiger partial charge in [0.1, 0.15) is 0 Å². The first kappa shape index (κ1) is 13.6. The molecular weight excluding hydrogens is 210 g/mol. The lowest BCUT2D eigenvalue weighted by Gasteiger charge is -2.23. The highest BCUT2D eigenvalue weighted by Gasteiger charge is 2.18. The summed E-state index contributed by atoms with van der Waals surface area (Å²) < 4.78 is 0. The zero-order valence-electron chi connectivity index (χ0n) is 10.9. The summed E-state index contributed by atoms with van der Waals surface area (Å²) in [6.45, 7) is 7.09. The van der Waals surface area contributed by atoms with Crippen LogP contribution in [-0.2, 0) is 0 Å². The number of allylic oxidation sites excluding steroid dienone is 1. The molecule has 0 heterocycles. The van der Waals surface area contributed by atoms with Gasteiger partial charge in [0.15, 0.2) is 0 Å². The Balaban J connectivity index is 2.99. The Kier molecular flexibility index (Phi) is 5.04. The van der Waals surface area contributed by atoms with Crippen LogP contribution in [0.1, 0.15) is 32.3 Å². The van der Waals surface area contributed by atoms with Crippen molar-refractivity contribution in [2.75, 3.05) is 6.54 Å². The summed E-state index contributed by atoms with van der Waals surface area (Å²) in [4.78, 5) is 0. The van der Waals surface area contributed by atoms with Crippen LogP contribution in [0, 0.1) is 5.92 Å². The van der Waals surface area contributed by atoms with Crippen LogP contribution in [0.2, 0.25) is 0 Å². The van der Waals surface area contributed by atoms with E-state index in [1.165, 1.54) is 5.56 Å². The quantitative estimate of drug-likeness (QED) is 0.606. The number of benzene rings is 1. The summed E-state index contributed by atoms with van der Waals surface area (Å²) in [5.41, 5.74) is 8.22.